The zero-order valence-electron chi connectivity index (χ0n) is 25.7. The number of rotatable bonds is 10. The molecule has 0 aromatic heterocycles. The summed E-state index contributed by atoms with van der Waals surface area (Å²) in [7, 11) is 3.18. The van der Waals surface area contributed by atoms with Gasteiger partial charge in [-0.15, -0.1) is 0 Å². The lowest BCUT2D eigenvalue weighted by molar-refractivity contribution is -0.147. The average Bonchev–Trinajstić information content (AvgIpc) is 3.87. The zero-order valence-corrected chi connectivity index (χ0v) is 25.7. The van der Waals surface area contributed by atoms with E-state index in [-0.39, 0.29) is 25.5 Å². The molecule has 46 heavy (non-hydrogen) atoms. The molecule has 0 unspecified atom stereocenters. The SMILES string of the molecule is COc1ccc(COC(=O)[C@@H]2C[C@H]2[C@]2(CC3=C4OC=c5ccccc5=C4CC=C3)NC(=O)N(Cc3ccc(OC)cc3)C2=O)cc1. The maximum absolute atomic E-state index is 14.4. The van der Waals surface area contributed by atoms with Crippen LogP contribution in [0, 0.1) is 11.8 Å². The molecule has 0 radical (unpaired) electrons. The predicted octanol–water partition coefficient (Wildman–Crippen LogP) is 4.10. The van der Waals surface area contributed by atoms with E-state index >= 15 is 0 Å². The summed E-state index contributed by atoms with van der Waals surface area (Å²) < 4.78 is 22.3. The van der Waals surface area contributed by atoms with Gasteiger partial charge in [0.2, 0.25) is 0 Å². The van der Waals surface area contributed by atoms with Gasteiger partial charge in [0.1, 0.15) is 29.4 Å². The van der Waals surface area contributed by atoms with Gasteiger partial charge in [-0.05, 0) is 59.0 Å². The first-order valence-electron chi connectivity index (χ1n) is 15.3. The number of hydrogen-bond acceptors (Lipinski definition) is 7. The van der Waals surface area contributed by atoms with E-state index in [0.717, 1.165) is 32.7 Å². The summed E-state index contributed by atoms with van der Waals surface area (Å²) in [5.41, 5.74) is 2.09. The van der Waals surface area contributed by atoms with E-state index in [1.807, 2.05) is 60.7 Å². The lowest BCUT2D eigenvalue weighted by Crippen LogP contribution is -2.50. The van der Waals surface area contributed by atoms with Crippen LogP contribution in [0.15, 0.2) is 96.3 Å². The first-order chi connectivity index (χ1) is 22.4. The first-order valence-corrected chi connectivity index (χ1v) is 15.3. The first kappa shape index (κ1) is 29.4. The molecule has 2 aliphatic carbocycles. The molecule has 9 nitrogen and oxygen atoms in total. The second-order valence-corrected chi connectivity index (χ2v) is 12.0. The van der Waals surface area contributed by atoms with E-state index in [1.165, 1.54) is 4.90 Å². The Hall–Kier alpha value is -5.31. The van der Waals surface area contributed by atoms with E-state index in [4.69, 9.17) is 18.9 Å². The fourth-order valence-electron chi connectivity index (χ4n) is 6.68. The third kappa shape index (κ3) is 5.31. The maximum Gasteiger partial charge on any atom is 0.325 e. The third-order valence-corrected chi connectivity index (χ3v) is 9.23. The van der Waals surface area contributed by atoms with Crippen LogP contribution in [0.4, 0.5) is 4.79 Å². The lowest BCUT2D eigenvalue weighted by Gasteiger charge is -2.30. The van der Waals surface area contributed by atoms with Crippen molar-refractivity contribution >= 4 is 29.7 Å². The molecule has 3 amide bonds. The Morgan fingerprint density at radius 2 is 1.65 bits per heavy atom. The summed E-state index contributed by atoms with van der Waals surface area (Å²) in [4.78, 5) is 42.6. The van der Waals surface area contributed by atoms with Gasteiger partial charge >= 0.3 is 12.0 Å². The Labute approximate surface area is 266 Å². The number of hydrogen-bond donors (Lipinski definition) is 1. The van der Waals surface area contributed by atoms with Gasteiger partial charge in [0.25, 0.3) is 5.91 Å². The molecule has 3 aromatic carbocycles. The van der Waals surface area contributed by atoms with Crippen LogP contribution in [-0.2, 0) is 32.2 Å². The molecule has 2 heterocycles. The number of carbonyl (C=O) groups is 3. The molecule has 1 saturated heterocycles. The number of benzene rings is 3. The number of ether oxygens (including phenoxy) is 4. The summed E-state index contributed by atoms with van der Waals surface area (Å²) in [6, 6.07) is 22.1. The van der Waals surface area contributed by atoms with Crippen LogP contribution in [0.25, 0.3) is 11.8 Å². The highest BCUT2D eigenvalue weighted by molar-refractivity contribution is 6.08. The molecule has 2 aliphatic heterocycles. The van der Waals surface area contributed by atoms with Gasteiger partial charge in [-0.25, -0.2) is 4.79 Å². The molecule has 1 saturated carbocycles. The van der Waals surface area contributed by atoms with Crippen LogP contribution >= 0.6 is 0 Å². The van der Waals surface area contributed by atoms with Gasteiger partial charge in [-0.2, -0.15) is 0 Å². The molecule has 0 bridgehead atoms. The van der Waals surface area contributed by atoms with Crippen molar-refractivity contribution < 1.29 is 33.3 Å². The standard InChI is InChI=1S/C37H34N2O7/c1-43-27-14-10-23(11-15-27)20-39-35(41)37(38-36(39)42,32-18-31(32)34(40)46-21-24-12-16-28(44-2)17-13-24)19-25-7-5-9-30-29-8-4-3-6-26(29)22-45-33(25)30/h3-8,10-17,22,31-32H,9,18-21H2,1-2H3,(H,38,42)/t31-,32-,37+/m1/s1. The van der Waals surface area contributed by atoms with Crippen LogP contribution in [0.3, 0.4) is 0 Å². The number of nitrogens with zero attached hydrogens (tertiary/aromatic N) is 1. The molecule has 0 spiro atoms. The molecule has 7 rings (SSSR count). The quantitative estimate of drug-likeness (QED) is 0.270. The van der Waals surface area contributed by atoms with E-state index in [1.54, 1.807) is 32.6 Å². The Balaban J connectivity index is 1.18. The van der Waals surface area contributed by atoms with E-state index in [9.17, 15) is 14.4 Å². The molecule has 3 atom stereocenters. The number of imide groups is 1. The monoisotopic (exact) mass is 618 g/mol. The van der Waals surface area contributed by atoms with E-state index in [0.29, 0.717) is 30.1 Å². The number of carbonyl (C=O) groups excluding carboxylic acids is 3. The van der Waals surface area contributed by atoms with Crippen LogP contribution in [0.1, 0.15) is 30.4 Å². The normalized spacial score (nSPS) is 22.7. The largest absolute Gasteiger partial charge is 0.497 e. The van der Waals surface area contributed by atoms with Crippen molar-refractivity contribution in [2.75, 3.05) is 14.2 Å². The van der Waals surface area contributed by atoms with Crippen molar-refractivity contribution in [3.63, 3.8) is 0 Å². The van der Waals surface area contributed by atoms with Crippen LogP contribution in [0.2, 0.25) is 0 Å². The summed E-state index contributed by atoms with van der Waals surface area (Å²) in [6.07, 6.45) is 7.02. The van der Waals surface area contributed by atoms with Gasteiger partial charge in [0, 0.05) is 23.1 Å². The van der Waals surface area contributed by atoms with E-state index < -0.39 is 29.4 Å². The zero-order chi connectivity index (χ0) is 31.8. The molecular weight excluding hydrogens is 584 g/mol. The topological polar surface area (TPSA) is 103 Å². The van der Waals surface area contributed by atoms with Crippen molar-refractivity contribution in [2.45, 2.75) is 38.0 Å². The number of esters is 1. The van der Waals surface area contributed by atoms with Gasteiger partial charge in [-0.1, -0.05) is 60.7 Å². The highest BCUT2D eigenvalue weighted by Gasteiger charge is 2.65. The highest BCUT2D eigenvalue weighted by Crippen LogP contribution is 2.53. The number of fused-ring (bicyclic) bond motifs is 2. The van der Waals surface area contributed by atoms with Crippen LogP contribution in [-0.4, -0.2) is 42.6 Å². The summed E-state index contributed by atoms with van der Waals surface area (Å²) in [6.45, 7) is 0.189. The molecule has 3 aromatic rings. The smallest absolute Gasteiger partial charge is 0.325 e. The third-order valence-electron chi connectivity index (χ3n) is 9.23. The Bertz CT molecular complexity index is 1890. The molecule has 1 N–H and O–H groups in total. The maximum atomic E-state index is 14.4. The van der Waals surface area contributed by atoms with Crippen molar-refractivity contribution in [1.29, 1.82) is 0 Å². The Kier molecular flexibility index (Phi) is 7.60. The van der Waals surface area contributed by atoms with E-state index in [2.05, 4.69) is 17.5 Å². The average molecular weight is 619 g/mol. The highest BCUT2D eigenvalue weighted by atomic mass is 16.5. The van der Waals surface area contributed by atoms with Crippen LogP contribution in [0.5, 0.6) is 11.5 Å². The molecule has 234 valence electrons. The van der Waals surface area contributed by atoms with Gasteiger partial charge < -0.3 is 24.3 Å². The van der Waals surface area contributed by atoms with Crippen molar-refractivity contribution in [3.05, 3.63) is 118 Å². The number of urea groups is 1. The van der Waals surface area contributed by atoms with Gasteiger partial charge in [-0.3, -0.25) is 14.5 Å². The fourth-order valence-corrected chi connectivity index (χ4v) is 6.68. The predicted molar refractivity (Wildman–Crippen MR) is 169 cm³/mol. The van der Waals surface area contributed by atoms with Gasteiger partial charge in [0.05, 0.1) is 32.9 Å². The Morgan fingerprint density at radius 3 is 2.37 bits per heavy atom. The summed E-state index contributed by atoms with van der Waals surface area (Å²) in [5, 5.41) is 5.12. The number of allylic oxidation sites excluding steroid dienone is 3. The summed E-state index contributed by atoms with van der Waals surface area (Å²) >= 11 is 0. The fraction of sp³-hybridized carbons (Fsp3) is 0.270. The van der Waals surface area contributed by atoms with Crippen molar-refractivity contribution in [1.82, 2.24) is 10.2 Å². The van der Waals surface area contributed by atoms with Crippen LogP contribution < -0.4 is 25.2 Å². The minimum atomic E-state index is -1.34. The Morgan fingerprint density at radius 1 is 0.957 bits per heavy atom. The molecular formula is C37H34N2O7. The van der Waals surface area contributed by atoms with Gasteiger partial charge in [0.15, 0.2) is 0 Å². The lowest BCUT2D eigenvalue weighted by atomic mass is 9.81. The molecule has 4 aliphatic rings. The number of methoxy groups -OCH3 is 2. The van der Waals surface area contributed by atoms with Crippen molar-refractivity contribution in [2.24, 2.45) is 11.8 Å². The molecule has 9 heteroatoms. The second kappa shape index (κ2) is 11.9. The molecule has 2 fully saturated rings. The summed E-state index contributed by atoms with van der Waals surface area (Å²) in [5.74, 6) is 0.345. The minimum absolute atomic E-state index is 0.0898. The van der Waals surface area contributed by atoms with Crippen molar-refractivity contribution in [3.8, 4) is 11.5 Å². The second-order valence-electron chi connectivity index (χ2n) is 12.0. The number of nitrogens with one attached hydrogen (secondary N) is 1. The minimum Gasteiger partial charge on any atom is -0.497 e. The number of amides is 3.